The Kier molecular flexibility index (Phi) is 6.76. The molecule has 1 unspecified atom stereocenters. The van der Waals surface area contributed by atoms with Crippen molar-refractivity contribution in [1.29, 1.82) is 0 Å². The molecule has 2 heterocycles. The van der Waals surface area contributed by atoms with Gasteiger partial charge in [-0.1, -0.05) is 6.07 Å². The number of anilines is 1. The maximum absolute atomic E-state index is 14.4. The summed E-state index contributed by atoms with van der Waals surface area (Å²) in [5, 5.41) is 15.5. The highest BCUT2D eigenvalue weighted by Gasteiger charge is 2.51. The smallest absolute Gasteiger partial charge is 0.263 e. The van der Waals surface area contributed by atoms with Crippen LogP contribution in [0.3, 0.4) is 0 Å². The number of benzene rings is 1. The molecule has 2 aromatic rings. The van der Waals surface area contributed by atoms with Crippen LogP contribution in [-0.4, -0.2) is 59.0 Å². The van der Waals surface area contributed by atoms with Gasteiger partial charge in [-0.3, -0.25) is 19.4 Å². The first kappa shape index (κ1) is 23.3. The number of aliphatic hydroxyl groups is 1. The number of thiazole rings is 1. The van der Waals surface area contributed by atoms with Crippen LogP contribution >= 0.6 is 11.3 Å². The first-order valence-corrected chi connectivity index (χ1v) is 11.9. The molecule has 10 heteroatoms. The van der Waals surface area contributed by atoms with E-state index in [9.17, 15) is 23.9 Å². The molecule has 0 radical (unpaired) electrons. The van der Waals surface area contributed by atoms with Crippen molar-refractivity contribution in [2.75, 3.05) is 24.5 Å². The lowest BCUT2D eigenvalue weighted by Crippen LogP contribution is -2.50. The first-order valence-electron chi connectivity index (χ1n) is 11.1. The molecule has 1 aromatic heterocycles. The number of Topliss-reactive ketones (excluding diaryl/α,β-unsaturated/α-hetero) is 1. The minimum atomic E-state index is -1.28. The standard InChI is InChI=1S/C23H27FN4O4S/c1-14(29)20(30)19-16(24)3-2-4-17(19)28-9-5-15(6-10-28)11-26-22(32)23(7-8-23)27-21(31)18-12-25-13-33-18/h2-4,12-15,29H,5-11H2,1H3,(H,26,32)(H,27,31). The largest absolute Gasteiger partial charge is 0.385 e. The SMILES string of the molecule is CC(O)C(=O)c1c(F)cccc1N1CCC(CNC(=O)C2(NC(=O)c3cncs3)CC2)CC1. The maximum atomic E-state index is 14.4. The van der Waals surface area contributed by atoms with Crippen molar-refractivity contribution >= 4 is 34.6 Å². The third-order valence-corrected chi connectivity index (χ3v) is 7.09. The molecule has 3 N–H and O–H groups in total. The van der Waals surface area contributed by atoms with E-state index < -0.39 is 23.2 Å². The van der Waals surface area contributed by atoms with Crippen LogP contribution in [0.1, 0.15) is 52.6 Å². The van der Waals surface area contributed by atoms with Crippen molar-refractivity contribution in [3.8, 4) is 0 Å². The van der Waals surface area contributed by atoms with Crippen LogP contribution in [0.5, 0.6) is 0 Å². The third-order valence-electron chi connectivity index (χ3n) is 6.32. The molecule has 176 valence electrons. The molecule has 1 aromatic carbocycles. The molecule has 1 aliphatic heterocycles. The zero-order chi connectivity index (χ0) is 23.6. The fourth-order valence-corrected chi connectivity index (χ4v) is 4.67. The molecule has 1 saturated heterocycles. The molecule has 0 spiro atoms. The molecule has 2 amide bonds. The molecular weight excluding hydrogens is 447 g/mol. The number of carbonyl (C=O) groups excluding carboxylic acids is 3. The molecule has 2 aliphatic rings. The molecule has 4 rings (SSSR count). The summed E-state index contributed by atoms with van der Waals surface area (Å²) in [5.74, 6) is -1.48. The number of halogens is 1. The fourth-order valence-electron chi connectivity index (χ4n) is 4.15. The first-order chi connectivity index (χ1) is 15.8. The Morgan fingerprint density at radius 3 is 2.64 bits per heavy atom. The van der Waals surface area contributed by atoms with E-state index in [4.69, 9.17) is 0 Å². The molecule has 8 nitrogen and oxygen atoms in total. The van der Waals surface area contributed by atoms with Crippen molar-refractivity contribution < 1.29 is 23.9 Å². The monoisotopic (exact) mass is 474 g/mol. The van der Waals surface area contributed by atoms with Gasteiger partial charge in [-0.15, -0.1) is 11.3 Å². The Bertz CT molecular complexity index is 1030. The second kappa shape index (κ2) is 9.56. The number of piperidine rings is 1. The van der Waals surface area contributed by atoms with Gasteiger partial charge in [-0.05, 0) is 50.7 Å². The van der Waals surface area contributed by atoms with Crippen LogP contribution in [0.15, 0.2) is 29.9 Å². The van der Waals surface area contributed by atoms with Crippen LogP contribution in [0, 0.1) is 11.7 Å². The van der Waals surface area contributed by atoms with Crippen molar-refractivity contribution in [3.63, 3.8) is 0 Å². The molecule has 1 aliphatic carbocycles. The molecule has 33 heavy (non-hydrogen) atoms. The topological polar surface area (TPSA) is 112 Å². The molecular formula is C23H27FN4O4S. The number of ketones is 1. The summed E-state index contributed by atoms with van der Waals surface area (Å²) >= 11 is 1.23. The minimum absolute atomic E-state index is 0.0772. The van der Waals surface area contributed by atoms with Crippen molar-refractivity contribution in [3.05, 3.63) is 46.2 Å². The predicted molar refractivity (Wildman–Crippen MR) is 122 cm³/mol. The molecule has 2 fully saturated rings. The summed E-state index contributed by atoms with van der Waals surface area (Å²) in [4.78, 5) is 43.7. The number of amides is 2. The lowest BCUT2D eigenvalue weighted by molar-refractivity contribution is -0.124. The molecule has 0 bridgehead atoms. The number of hydrogen-bond donors (Lipinski definition) is 3. The van der Waals surface area contributed by atoms with E-state index in [1.54, 1.807) is 17.6 Å². The molecule has 1 saturated carbocycles. The van der Waals surface area contributed by atoms with Gasteiger partial charge in [0, 0.05) is 19.6 Å². The van der Waals surface area contributed by atoms with Crippen molar-refractivity contribution in [1.82, 2.24) is 15.6 Å². The van der Waals surface area contributed by atoms with Gasteiger partial charge in [0.15, 0.2) is 5.78 Å². The van der Waals surface area contributed by atoms with Gasteiger partial charge < -0.3 is 20.6 Å². The maximum Gasteiger partial charge on any atom is 0.263 e. The number of aliphatic hydroxyl groups excluding tert-OH is 1. The summed E-state index contributed by atoms with van der Waals surface area (Å²) < 4.78 is 14.4. The Hall–Kier alpha value is -2.85. The van der Waals surface area contributed by atoms with Crippen LogP contribution in [0.2, 0.25) is 0 Å². The number of hydrogen-bond acceptors (Lipinski definition) is 7. The van der Waals surface area contributed by atoms with Gasteiger partial charge in [0.25, 0.3) is 5.91 Å². The quantitative estimate of drug-likeness (QED) is 0.506. The highest BCUT2D eigenvalue weighted by atomic mass is 32.1. The summed E-state index contributed by atoms with van der Waals surface area (Å²) in [6, 6.07) is 4.48. The van der Waals surface area contributed by atoms with Crippen molar-refractivity contribution in [2.24, 2.45) is 5.92 Å². The number of nitrogens with zero attached hydrogens (tertiary/aromatic N) is 2. The van der Waals surface area contributed by atoms with Gasteiger partial charge in [0.1, 0.15) is 22.3 Å². The average molecular weight is 475 g/mol. The Morgan fingerprint density at radius 1 is 1.30 bits per heavy atom. The number of rotatable bonds is 8. The van der Waals surface area contributed by atoms with Crippen LogP contribution in [0.4, 0.5) is 10.1 Å². The summed E-state index contributed by atoms with van der Waals surface area (Å²) in [5.41, 5.74) is 1.16. The number of aromatic nitrogens is 1. The average Bonchev–Trinajstić information content (AvgIpc) is 3.37. The zero-order valence-electron chi connectivity index (χ0n) is 18.3. The lowest BCUT2D eigenvalue weighted by atomic mass is 9.94. The van der Waals surface area contributed by atoms with Gasteiger partial charge >= 0.3 is 0 Å². The molecule has 1 atom stereocenters. The third kappa shape index (κ3) is 5.06. The van der Waals surface area contributed by atoms with Crippen molar-refractivity contribution in [2.45, 2.75) is 44.2 Å². The van der Waals surface area contributed by atoms with E-state index in [0.29, 0.717) is 43.0 Å². The summed E-state index contributed by atoms with van der Waals surface area (Å²) in [7, 11) is 0. The van der Waals surface area contributed by atoms with E-state index in [1.165, 1.54) is 30.5 Å². The second-order valence-electron chi connectivity index (χ2n) is 8.72. The van der Waals surface area contributed by atoms with Crippen LogP contribution in [-0.2, 0) is 4.79 Å². The highest BCUT2D eigenvalue weighted by molar-refractivity contribution is 7.11. The predicted octanol–water partition coefficient (Wildman–Crippen LogP) is 2.14. The number of nitrogens with one attached hydrogen (secondary N) is 2. The zero-order valence-corrected chi connectivity index (χ0v) is 19.2. The highest BCUT2D eigenvalue weighted by Crippen LogP contribution is 2.36. The van der Waals surface area contributed by atoms with E-state index in [1.807, 2.05) is 4.90 Å². The summed E-state index contributed by atoms with van der Waals surface area (Å²) in [6.07, 6.45) is 2.96. The second-order valence-corrected chi connectivity index (χ2v) is 9.60. The van der Waals surface area contributed by atoms with Gasteiger partial charge in [0.2, 0.25) is 5.91 Å². The van der Waals surface area contributed by atoms with E-state index in [2.05, 4.69) is 15.6 Å². The Morgan fingerprint density at radius 2 is 2.03 bits per heavy atom. The summed E-state index contributed by atoms with van der Waals surface area (Å²) in [6.45, 7) is 3.04. The Balaban J connectivity index is 1.30. The normalized spacial score (nSPS) is 18.5. The van der Waals surface area contributed by atoms with Crippen LogP contribution < -0.4 is 15.5 Å². The van der Waals surface area contributed by atoms with E-state index >= 15 is 0 Å². The Labute approximate surface area is 195 Å². The van der Waals surface area contributed by atoms with E-state index in [-0.39, 0.29) is 23.3 Å². The van der Waals surface area contributed by atoms with Gasteiger partial charge in [0.05, 0.1) is 23.0 Å². The minimum Gasteiger partial charge on any atom is -0.385 e. The number of carbonyl (C=O) groups is 3. The lowest BCUT2D eigenvalue weighted by Gasteiger charge is -2.35. The van der Waals surface area contributed by atoms with Gasteiger partial charge in [-0.25, -0.2) is 4.39 Å². The fraction of sp³-hybridized carbons (Fsp3) is 0.478. The van der Waals surface area contributed by atoms with E-state index in [0.717, 1.165) is 12.8 Å². The van der Waals surface area contributed by atoms with Gasteiger partial charge in [-0.2, -0.15) is 0 Å². The van der Waals surface area contributed by atoms with Crippen LogP contribution in [0.25, 0.3) is 0 Å².